The van der Waals surface area contributed by atoms with Crippen LogP contribution in [0.5, 0.6) is 0 Å². The molecule has 2 aliphatic rings. The number of morpholine rings is 1. The molecule has 1 aliphatic carbocycles. The number of rotatable bonds is 4. The van der Waals surface area contributed by atoms with Gasteiger partial charge in [-0.15, -0.1) is 0 Å². The van der Waals surface area contributed by atoms with Gasteiger partial charge in [-0.1, -0.05) is 12.8 Å². The minimum absolute atomic E-state index is 0.0374. The Morgan fingerprint density at radius 3 is 3.00 bits per heavy atom. The molecule has 4 nitrogen and oxygen atoms in total. The van der Waals surface area contributed by atoms with Crippen molar-refractivity contribution in [3.8, 4) is 0 Å². The Morgan fingerprint density at radius 1 is 1.60 bits per heavy atom. The average molecular weight is 212 g/mol. The van der Waals surface area contributed by atoms with Gasteiger partial charge in [-0.25, -0.2) is 0 Å². The summed E-state index contributed by atoms with van der Waals surface area (Å²) in [5.41, 5.74) is 0. The lowest BCUT2D eigenvalue weighted by Crippen LogP contribution is -2.49. The van der Waals surface area contributed by atoms with E-state index in [0.29, 0.717) is 13.2 Å². The largest absolute Gasteiger partial charge is 0.366 e. The van der Waals surface area contributed by atoms with Gasteiger partial charge in [0, 0.05) is 19.1 Å². The molecule has 2 rings (SSSR count). The zero-order valence-electron chi connectivity index (χ0n) is 9.29. The molecule has 2 fully saturated rings. The zero-order chi connectivity index (χ0) is 10.7. The molecule has 0 aromatic rings. The van der Waals surface area contributed by atoms with Gasteiger partial charge in [-0.05, 0) is 19.3 Å². The number of nitrogens with one attached hydrogen (secondary N) is 2. The fourth-order valence-corrected chi connectivity index (χ4v) is 1.98. The first-order valence-electron chi connectivity index (χ1n) is 5.88. The van der Waals surface area contributed by atoms with Gasteiger partial charge in [0.15, 0.2) is 0 Å². The Bertz CT molecular complexity index is 223. The predicted molar refractivity (Wildman–Crippen MR) is 57.6 cm³/mol. The second-order valence-electron chi connectivity index (χ2n) is 4.65. The van der Waals surface area contributed by atoms with E-state index in [1.807, 2.05) is 0 Å². The summed E-state index contributed by atoms with van der Waals surface area (Å²) in [6.45, 7) is 4.20. The molecule has 1 amide bonds. The van der Waals surface area contributed by atoms with Gasteiger partial charge >= 0.3 is 0 Å². The molecule has 0 radical (unpaired) electrons. The van der Waals surface area contributed by atoms with Crippen LogP contribution in [0.15, 0.2) is 0 Å². The molecule has 4 heteroatoms. The van der Waals surface area contributed by atoms with Crippen molar-refractivity contribution in [3.05, 3.63) is 0 Å². The number of ether oxygens (including phenoxy) is 1. The molecule has 1 saturated heterocycles. The summed E-state index contributed by atoms with van der Waals surface area (Å²) in [4.78, 5) is 11.7. The van der Waals surface area contributed by atoms with Gasteiger partial charge in [0.1, 0.15) is 6.10 Å². The van der Waals surface area contributed by atoms with Crippen molar-refractivity contribution in [2.75, 3.05) is 19.7 Å². The molecule has 0 aromatic heterocycles. The van der Waals surface area contributed by atoms with Crippen LogP contribution in [0.2, 0.25) is 0 Å². The van der Waals surface area contributed by atoms with Gasteiger partial charge in [-0.3, -0.25) is 4.79 Å². The molecule has 1 unspecified atom stereocenters. The van der Waals surface area contributed by atoms with Crippen molar-refractivity contribution in [1.82, 2.24) is 10.6 Å². The maximum Gasteiger partial charge on any atom is 0.250 e. The lowest BCUT2D eigenvalue weighted by Gasteiger charge is -2.24. The van der Waals surface area contributed by atoms with Crippen molar-refractivity contribution >= 4 is 5.91 Å². The molecule has 1 saturated carbocycles. The Hall–Kier alpha value is -0.610. The standard InChI is InChI=1S/C11H20N2O2/c1-8(6-9-2-3-9)13-11(14)10-7-12-4-5-15-10/h8-10,12H,2-7H2,1H3,(H,13,14)/t8?,10-/m1/s1. The first-order valence-corrected chi connectivity index (χ1v) is 5.88. The van der Waals surface area contributed by atoms with Crippen LogP contribution in [0.4, 0.5) is 0 Å². The third-order valence-electron chi connectivity index (χ3n) is 2.99. The lowest BCUT2D eigenvalue weighted by molar-refractivity contribution is -0.134. The quantitative estimate of drug-likeness (QED) is 0.704. The van der Waals surface area contributed by atoms with Crippen molar-refractivity contribution in [2.24, 2.45) is 5.92 Å². The van der Waals surface area contributed by atoms with Crippen LogP contribution >= 0.6 is 0 Å². The second-order valence-corrected chi connectivity index (χ2v) is 4.65. The molecular weight excluding hydrogens is 192 g/mol. The van der Waals surface area contributed by atoms with Crippen LogP contribution in [0.25, 0.3) is 0 Å². The summed E-state index contributed by atoms with van der Waals surface area (Å²) in [6.07, 6.45) is 3.50. The summed E-state index contributed by atoms with van der Waals surface area (Å²) in [5.74, 6) is 0.890. The number of amides is 1. The van der Waals surface area contributed by atoms with Crippen LogP contribution < -0.4 is 10.6 Å². The second kappa shape index (κ2) is 4.94. The van der Waals surface area contributed by atoms with E-state index in [9.17, 15) is 4.79 Å². The van der Waals surface area contributed by atoms with Gasteiger partial charge in [0.25, 0.3) is 5.91 Å². The maximum absolute atomic E-state index is 11.7. The normalized spacial score (nSPS) is 28.5. The first kappa shape index (κ1) is 10.9. The van der Waals surface area contributed by atoms with E-state index in [4.69, 9.17) is 4.74 Å². The minimum Gasteiger partial charge on any atom is -0.366 e. The third kappa shape index (κ3) is 3.47. The van der Waals surface area contributed by atoms with Crippen LogP contribution in [0.1, 0.15) is 26.2 Å². The summed E-state index contributed by atoms with van der Waals surface area (Å²) >= 11 is 0. The topological polar surface area (TPSA) is 50.4 Å². The van der Waals surface area contributed by atoms with Crippen LogP contribution in [0.3, 0.4) is 0 Å². The molecule has 2 N–H and O–H groups in total. The van der Waals surface area contributed by atoms with E-state index in [1.165, 1.54) is 12.8 Å². The molecule has 15 heavy (non-hydrogen) atoms. The molecule has 0 spiro atoms. The predicted octanol–water partition coefficient (Wildman–Crippen LogP) is 0.280. The summed E-state index contributed by atoms with van der Waals surface area (Å²) in [6, 6.07) is 0.288. The summed E-state index contributed by atoms with van der Waals surface area (Å²) in [7, 11) is 0. The van der Waals surface area contributed by atoms with E-state index < -0.39 is 0 Å². The van der Waals surface area contributed by atoms with E-state index in [0.717, 1.165) is 18.9 Å². The Balaban J connectivity index is 1.69. The molecule has 0 bridgehead atoms. The first-order chi connectivity index (χ1) is 7.25. The molecule has 1 heterocycles. The van der Waals surface area contributed by atoms with Gasteiger partial charge in [-0.2, -0.15) is 0 Å². The Morgan fingerprint density at radius 2 is 2.40 bits per heavy atom. The molecular formula is C11H20N2O2. The van der Waals surface area contributed by atoms with Gasteiger partial charge in [0.05, 0.1) is 6.61 Å². The van der Waals surface area contributed by atoms with Crippen LogP contribution in [-0.2, 0) is 9.53 Å². The average Bonchev–Trinajstić information content (AvgIpc) is 3.03. The Kier molecular flexibility index (Phi) is 3.59. The molecule has 86 valence electrons. The van der Waals surface area contributed by atoms with E-state index in [-0.39, 0.29) is 18.1 Å². The third-order valence-corrected chi connectivity index (χ3v) is 2.99. The molecule has 0 aromatic carbocycles. The SMILES string of the molecule is CC(CC1CC1)NC(=O)[C@H]1CNCCO1. The zero-order valence-corrected chi connectivity index (χ0v) is 9.29. The molecule has 2 atom stereocenters. The minimum atomic E-state index is -0.291. The van der Waals surface area contributed by atoms with Gasteiger partial charge < -0.3 is 15.4 Å². The smallest absolute Gasteiger partial charge is 0.250 e. The number of carbonyl (C=O) groups is 1. The fraction of sp³-hybridized carbons (Fsp3) is 0.909. The van der Waals surface area contributed by atoms with Crippen molar-refractivity contribution in [1.29, 1.82) is 0 Å². The lowest BCUT2D eigenvalue weighted by atomic mass is 10.1. The monoisotopic (exact) mass is 212 g/mol. The molecule has 1 aliphatic heterocycles. The van der Waals surface area contributed by atoms with Crippen LogP contribution in [0, 0.1) is 5.92 Å². The highest BCUT2D eigenvalue weighted by molar-refractivity contribution is 5.81. The highest BCUT2D eigenvalue weighted by atomic mass is 16.5. The highest BCUT2D eigenvalue weighted by Gasteiger charge is 2.27. The van der Waals surface area contributed by atoms with Crippen molar-refractivity contribution in [2.45, 2.75) is 38.3 Å². The fourth-order valence-electron chi connectivity index (χ4n) is 1.98. The summed E-state index contributed by atoms with van der Waals surface area (Å²) < 4.78 is 5.39. The highest BCUT2D eigenvalue weighted by Crippen LogP contribution is 2.33. The van der Waals surface area contributed by atoms with E-state index in [2.05, 4.69) is 17.6 Å². The number of hydrogen-bond acceptors (Lipinski definition) is 3. The van der Waals surface area contributed by atoms with Crippen molar-refractivity contribution in [3.63, 3.8) is 0 Å². The number of carbonyl (C=O) groups excluding carboxylic acids is 1. The van der Waals surface area contributed by atoms with E-state index >= 15 is 0 Å². The van der Waals surface area contributed by atoms with Crippen LogP contribution in [-0.4, -0.2) is 37.7 Å². The number of hydrogen-bond donors (Lipinski definition) is 2. The Labute approximate surface area is 90.8 Å². The maximum atomic E-state index is 11.7. The van der Waals surface area contributed by atoms with Crippen molar-refractivity contribution < 1.29 is 9.53 Å². The van der Waals surface area contributed by atoms with E-state index in [1.54, 1.807) is 0 Å². The summed E-state index contributed by atoms with van der Waals surface area (Å²) in [5, 5.41) is 6.17. The van der Waals surface area contributed by atoms with Gasteiger partial charge in [0.2, 0.25) is 0 Å².